The second-order valence-corrected chi connectivity index (χ2v) is 4.47. The second-order valence-electron chi connectivity index (χ2n) is 4.47. The summed E-state index contributed by atoms with van der Waals surface area (Å²) in [7, 11) is 0. The fraction of sp³-hybridized carbons (Fsp3) is 0.333. The van der Waals surface area contributed by atoms with Gasteiger partial charge in [-0.1, -0.05) is 56.3 Å². The maximum atomic E-state index is 6.09. The van der Waals surface area contributed by atoms with E-state index in [1.165, 1.54) is 16.3 Å². The van der Waals surface area contributed by atoms with Gasteiger partial charge < -0.3 is 5.73 Å². The molecule has 2 aromatic rings. The molecular formula is C15H19N. The van der Waals surface area contributed by atoms with Crippen molar-refractivity contribution in [3.63, 3.8) is 0 Å². The van der Waals surface area contributed by atoms with Crippen LogP contribution in [0.4, 0.5) is 0 Å². The Morgan fingerprint density at radius 1 is 1.06 bits per heavy atom. The summed E-state index contributed by atoms with van der Waals surface area (Å²) in [6.45, 7) is 4.35. The van der Waals surface area contributed by atoms with Gasteiger partial charge in [0.25, 0.3) is 0 Å². The molecule has 2 unspecified atom stereocenters. The first-order valence-electron chi connectivity index (χ1n) is 5.96. The van der Waals surface area contributed by atoms with E-state index in [-0.39, 0.29) is 6.04 Å². The molecule has 2 rings (SSSR count). The van der Waals surface area contributed by atoms with E-state index >= 15 is 0 Å². The van der Waals surface area contributed by atoms with Crippen LogP contribution in [-0.4, -0.2) is 6.04 Å². The summed E-state index contributed by atoms with van der Waals surface area (Å²) in [5, 5.41) is 2.60. The van der Waals surface area contributed by atoms with E-state index in [1.807, 2.05) is 0 Å². The van der Waals surface area contributed by atoms with Crippen molar-refractivity contribution in [1.82, 2.24) is 0 Å². The maximum absolute atomic E-state index is 6.09. The molecule has 0 saturated carbocycles. The highest BCUT2D eigenvalue weighted by molar-refractivity contribution is 5.83. The zero-order valence-electron chi connectivity index (χ0n) is 9.98. The molecule has 1 nitrogen and oxygen atoms in total. The number of rotatable bonds is 3. The highest BCUT2D eigenvalue weighted by Gasteiger charge is 2.12. The van der Waals surface area contributed by atoms with Crippen molar-refractivity contribution in [2.24, 2.45) is 5.73 Å². The van der Waals surface area contributed by atoms with Crippen LogP contribution in [-0.2, 0) is 0 Å². The molecule has 1 heteroatoms. The van der Waals surface area contributed by atoms with Gasteiger partial charge in [0.15, 0.2) is 0 Å². The molecule has 0 heterocycles. The van der Waals surface area contributed by atoms with Gasteiger partial charge in [0.2, 0.25) is 0 Å². The molecular weight excluding hydrogens is 194 g/mol. The Morgan fingerprint density at radius 3 is 2.44 bits per heavy atom. The lowest BCUT2D eigenvalue weighted by Gasteiger charge is -2.19. The van der Waals surface area contributed by atoms with Gasteiger partial charge in [-0.3, -0.25) is 0 Å². The van der Waals surface area contributed by atoms with Gasteiger partial charge in [-0.2, -0.15) is 0 Å². The minimum Gasteiger partial charge on any atom is -0.327 e. The third-order valence-electron chi connectivity index (χ3n) is 3.41. The van der Waals surface area contributed by atoms with Crippen LogP contribution in [0.5, 0.6) is 0 Å². The molecule has 2 atom stereocenters. The zero-order valence-corrected chi connectivity index (χ0v) is 9.98. The first-order chi connectivity index (χ1) is 7.72. The minimum absolute atomic E-state index is 0.251. The largest absolute Gasteiger partial charge is 0.327 e. The highest BCUT2D eigenvalue weighted by Crippen LogP contribution is 2.24. The van der Waals surface area contributed by atoms with Crippen molar-refractivity contribution in [2.45, 2.75) is 32.2 Å². The van der Waals surface area contributed by atoms with E-state index in [4.69, 9.17) is 5.73 Å². The number of benzene rings is 2. The Balaban J connectivity index is 2.39. The van der Waals surface area contributed by atoms with E-state index in [2.05, 4.69) is 56.3 Å². The molecule has 0 aromatic heterocycles. The van der Waals surface area contributed by atoms with Crippen molar-refractivity contribution in [3.05, 3.63) is 48.0 Å². The average molecular weight is 213 g/mol. The van der Waals surface area contributed by atoms with Gasteiger partial charge in [-0.05, 0) is 28.7 Å². The molecule has 2 aromatic carbocycles. The first kappa shape index (κ1) is 11.2. The molecule has 0 aliphatic heterocycles. The lowest BCUT2D eigenvalue weighted by atomic mass is 9.91. The normalized spacial score (nSPS) is 14.9. The average Bonchev–Trinajstić information content (AvgIpc) is 2.36. The molecule has 84 valence electrons. The fourth-order valence-electron chi connectivity index (χ4n) is 2.09. The summed E-state index contributed by atoms with van der Waals surface area (Å²) in [6.07, 6.45) is 1.02. The van der Waals surface area contributed by atoms with Crippen molar-refractivity contribution < 1.29 is 0 Å². The number of hydrogen-bond donors (Lipinski definition) is 1. The predicted molar refractivity (Wildman–Crippen MR) is 70.6 cm³/mol. The molecule has 0 radical (unpaired) electrons. The molecule has 0 aliphatic carbocycles. The monoisotopic (exact) mass is 213 g/mol. The molecule has 0 spiro atoms. The van der Waals surface area contributed by atoms with Crippen molar-refractivity contribution in [1.29, 1.82) is 0 Å². The van der Waals surface area contributed by atoms with Crippen molar-refractivity contribution in [3.8, 4) is 0 Å². The van der Waals surface area contributed by atoms with Crippen molar-refractivity contribution in [2.75, 3.05) is 0 Å². The van der Waals surface area contributed by atoms with Crippen LogP contribution in [0.3, 0.4) is 0 Å². The molecule has 16 heavy (non-hydrogen) atoms. The van der Waals surface area contributed by atoms with Gasteiger partial charge in [-0.15, -0.1) is 0 Å². The Kier molecular flexibility index (Phi) is 3.25. The third kappa shape index (κ3) is 2.10. The highest BCUT2D eigenvalue weighted by atomic mass is 14.6. The topological polar surface area (TPSA) is 26.0 Å². The summed E-state index contributed by atoms with van der Waals surface area (Å²) in [4.78, 5) is 0. The maximum Gasteiger partial charge on any atom is 0.0103 e. The first-order valence-corrected chi connectivity index (χ1v) is 5.96. The van der Waals surface area contributed by atoms with Gasteiger partial charge in [0, 0.05) is 6.04 Å². The van der Waals surface area contributed by atoms with E-state index in [0.29, 0.717) is 5.92 Å². The summed E-state index contributed by atoms with van der Waals surface area (Å²) in [6, 6.07) is 15.3. The second kappa shape index (κ2) is 4.67. The Morgan fingerprint density at radius 2 is 1.75 bits per heavy atom. The molecule has 0 saturated heterocycles. The molecule has 2 N–H and O–H groups in total. The van der Waals surface area contributed by atoms with Crippen molar-refractivity contribution >= 4 is 10.8 Å². The van der Waals surface area contributed by atoms with E-state index in [9.17, 15) is 0 Å². The molecule has 0 aliphatic rings. The Hall–Kier alpha value is -1.34. The van der Waals surface area contributed by atoms with Crippen LogP contribution in [0.2, 0.25) is 0 Å². The van der Waals surface area contributed by atoms with Gasteiger partial charge in [0.1, 0.15) is 0 Å². The summed E-state index contributed by atoms with van der Waals surface area (Å²) in [5.41, 5.74) is 7.43. The smallest absolute Gasteiger partial charge is 0.0103 e. The van der Waals surface area contributed by atoms with Crippen LogP contribution in [0, 0.1) is 0 Å². The Bertz CT molecular complexity index is 476. The minimum atomic E-state index is 0.251. The van der Waals surface area contributed by atoms with E-state index in [1.54, 1.807) is 0 Å². The van der Waals surface area contributed by atoms with Crippen LogP contribution in [0.25, 0.3) is 10.8 Å². The number of fused-ring (bicyclic) bond motifs is 1. The third-order valence-corrected chi connectivity index (χ3v) is 3.41. The van der Waals surface area contributed by atoms with Crippen LogP contribution >= 0.6 is 0 Å². The van der Waals surface area contributed by atoms with Crippen LogP contribution < -0.4 is 5.73 Å². The lowest BCUT2D eigenvalue weighted by molar-refractivity contribution is 0.552. The number of hydrogen-bond acceptors (Lipinski definition) is 1. The van der Waals surface area contributed by atoms with Crippen LogP contribution in [0.15, 0.2) is 42.5 Å². The van der Waals surface area contributed by atoms with Gasteiger partial charge in [-0.25, -0.2) is 0 Å². The number of nitrogens with two attached hydrogens (primary N) is 1. The lowest BCUT2D eigenvalue weighted by Crippen LogP contribution is -2.25. The fourth-order valence-corrected chi connectivity index (χ4v) is 2.09. The molecule has 0 bridgehead atoms. The van der Waals surface area contributed by atoms with Crippen LogP contribution in [0.1, 0.15) is 31.7 Å². The van der Waals surface area contributed by atoms with Gasteiger partial charge >= 0.3 is 0 Å². The SMILES string of the molecule is CCC(N)C(C)c1ccc2ccccc2c1. The van der Waals surface area contributed by atoms with Gasteiger partial charge in [0.05, 0.1) is 0 Å². The summed E-state index contributed by atoms with van der Waals surface area (Å²) < 4.78 is 0. The predicted octanol–water partition coefficient (Wildman–Crippen LogP) is 3.68. The van der Waals surface area contributed by atoms with E-state index < -0.39 is 0 Å². The summed E-state index contributed by atoms with van der Waals surface area (Å²) >= 11 is 0. The standard InChI is InChI=1S/C15H19N/c1-3-15(16)11(2)13-9-8-12-6-4-5-7-14(12)10-13/h4-11,15H,3,16H2,1-2H3. The zero-order chi connectivity index (χ0) is 11.5. The summed E-state index contributed by atoms with van der Waals surface area (Å²) in [5.74, 6) is 0.426. The molecule has 0 fully saturated rings. The molecule has 0 amide bonds. The van der Waals surface area contributed by atoms with E-state index in [0.717, 1.165) is 6.42 Å². The quantitative estimate of drug-likeness (QED) is 0.827. The Labute approximate surface area is 97.3 Å².